The summed E-state index contributed by atoms with van der Waals surface area (Å²) in [5, 5.41) is 0. The number of hydrogen-bond donors (Lipinski definition) is 1. The van der Waals surface area contributed by atoms with Crippen LogP contribution in [0.4, 0.5) is 0 Å². The van der Waals surface area contributed by atoms with Gasteiger partial charge in [-0.15, -0.1) is 0 Å². The third kappa shape index (κ3) is 1.54. The van der Waals surface area contributed by atoms with Crippen molar-refractivity contribution in [3.63, 3.8) is 0 Å². The molecule has 0 aliphatic heterocycles. The van der Waals surface area contributed by atoms with Crippen LogP contribution < -0.4 is 5.73 Å². The highest BCUT2D eigenvalue weighted by atomic mass is 16.1. The number of hydrogen-bond acceptors (Lipinski definition) is 2. The van der Waals surface area contributed by atoms with Crippen LogP contribution in [0.5, 0.6) is 0 Å². The zero-order valence-corrected chi connectivity index (χ0v) is 9.37. The van der Waals surface area contributed by atoms with Crippen LogP contribution in [0.25, 0.3) is 0 Å². The monoisotopic (exact) mass is 207 g/mol. The summed E-state index contributed by atoms with van der Waals surface area (Å²) in [6.45, 7) is 0. The second-order valence-corrected chi connectivity index (χ2v) is 6.07. The van der Waals surface area contributed by atoms with Crippen molar-refractivity contribution in [2.45, 2.75) is 56.9 Å². The van der Waals surface area contributed by atoms with Crippen LogP contribution in [0.2, 0.25) is 0 Å². The first-order valence-corrected chi connectivity index (χ1v) is 6.49. The highest BCUT2D eigenvalue weighted by Crippen LogP contribution is 2.50. The molecule has 2 nitrogen and oxygen atoms in total. The van der Waals surface area contributed by atoms with Crippen molar-refractivity contribution in [1.82, 2.24) is 0 Å². The molecule has 2 bridgehead atoms. The zero-order chi connectivity index (χ0) is 10.5. The van der Waals surface area contributed by atoms with E-state index in [1.807, 2.05) is 0 Å². The Morgan fingerprint density at radius 3 is 2.53 bits per heavy atom. The summed E-state index contributed by atoms with van der Waals surface area (Å²) >= 11 is 0. The summed E-state index contributed by atoms with van der Waals surface area (Å²) in [4.78, 5) is 12.1. The minimum atomic E-state index is -0.401. The van der Waals surface area contributed by atoms with Gasteiger partial charge in [0.1, 0.15) is 0 Å². The maximum Gasteiger partial charge on any atom is 0.152 e. The highest BCUT2D eigenvalue weighted by Gasteiger charge is 2.45. The van der Waals surface area contributed by atoms with Gasteiger partial charge in [-0.25, -0.2) is 0 Å². The first kappa shape index (κ1) is 9.83. The zero-order valence-electron chi connectivity index (χ0n) is 9.37. The maximum atomic E-state index is 12.1. The lowest BCUT2D eigenvalue weighted by molar-refractivity contribution is -0.128. The Balaban J connectivity index is 1.59. The highest BCUT2D eigenvalue weighted by molar-refractivity contribution is 5.89. The van der Waals surface area contributed by atoms with Crippen LogP contribution in [0, 0.1) is 17.8 Å². The van der Waals surface area contributed by atoms with Gasteiger partial charge in [-0.2, -0.15) is 0 Å². The molecule has 2 heteroatoms. The first-order valence-electron chi connectivity index (χ1n) is 6.49. The molecular formula is C13H21NO. The molecule has 0 aromatic carbocycles. The van der Waals surface area contributed by atoms with E-state index in [9.17, 15) is 4.79 Å². The van der Waals surface area contributed by atoms with Gasteiger partial charge in [0.2, 0.25) is 0 Å². The first-order chi connectivity index (χ1) is 7.17. The molecule has 0 aromatic heterocycles. The fourth-order valence-corrected chi connectivity index (χ4v) is 3.90. The summed E-state index contributed by atoms with van der Waals surface area (Å²) in [6.07, 6.45) is 9.32. The van der Waals surface area contributed by atoms with Crippen molar-refractivity contribution in [3.8, 4) is 0 Å². The summed E-state index contributed by atoms with van der Waals surface area (Å²) in [5.74, 6) is 2.87. The molecule has 0 heterocycles. The Hall–Kier alpha value is -0.370. The molecule has 0 spiro atoms. The molecular weight excluding hydrogens is 186 g/mol. The largest absolute Gasteiger partial charge is 0.319 e. The van der Waals surface area contributed by atoms with Crippen molar-refractivity contribution in [2.24, 2.45) is 23.5 Å². The average molecular weight is 207 g/mol. The van der Waals surface area contributed by atoms with E-state index < -0.39 is 5.54 Å². The van der Waals surface area contributed by atoms with Crippen molar-refractivity contribution in [2.75, 3.05) is 0 Å². The SMILES string of the molecule is NC1(C(=O)CC2CC3CCC2C3)CCC1. The molecule has 3 saturated carbocycles. The molecule has 3 aliphatic carbocycles. The lowest BCUT2D eigenvalue weighted by atomic mass is 9.71. The van der Waals surface area contributed by atoms with Crippen molar-refractivity contribution >= 4 is 5.78 Å². The number of fused-ring (bicyclic) bond motifs is 2. The molecule has 3 aliphatic rings. The van der Waals surface area contributed by atoms with Crippen LogP contribution in [-0.2, 0) is 4.79 Å². The number of nitrogens with two attached hydrogens (primary N) is 1. The minimum Gasteiger partial charge on any atom is -0.319 e. The van der Waals surface area contributed by atoms with Crippen LogP contribution in [0.3, 0.4) is 0 Å². The third-order valence-electron chi connectivity index (χ3n) is 5.13. The quantitative estimate of drug-likeness (QED) is 0.771. The second-order valence-electron chi connectivity index (χ2n) is 6.07. The third-order valence-corrected chi connectivity index (χ3v) is 5.13. The molecule has 3 rings (SSSR count). The Morgan fingerprint density at radius 1 is 1.27 bits per heavy atom. The van der Waals surface area contributed by atoms with E-state index in [2.05, 4.69) is 0 Å². The second kappa shape index (κ2) is 3.31. The molecule has 0 saturated heterocycles. The number of rotatable bonds is 3. The minimum absolute atomic E-state index is 0.367. The van der Waals surface area contributed by atoms with E-state index in [4.69, 9.17) is 5.73 Å². The topological polar surface area (TPSA) is 43.1 Å². The number of carbonyl (C=O) groups excluding carboxylic acids is 1. The fourth-order valence-electron chi connectivity index (χ4n) is 3.90. The van der Waals surface area contributed by atoms with Crippen molar-refractivity contribution in [3.05, 3.63) is 0 Å². The lowest BCUT2D eigenvalue weighted by Crippen LogP contribution is -2.54. The summed E-state index contributed by atoms with van der Waals surface area (Å²) < 4.78 is 0. The number of carbonyl (C=O) groups is 1. The smallest absolute Gasteiger partial charge is 0.152 e. The van der Waals surface area contributed by atoms with Crippen LogP contribution in [0.15, 0.2) is 0 Å². The molecule has 3 atom stereocenters. The van der Waals surface area contributed by atoms with E-state index in [0.717, 1.165) is 37.5 Å². The van der Waals surface area contributed by atoms with Gasteiger partial charge >= 0.3 is 0 Å². The van der Waals surface area contributed by atoms with E-state index in [1.165, 1.54) is 25.7 Å². The molecule has 15 heavy (non-hydrogen) atoms. The van der Waals surface area contributed by atoms with E-state index in [-0.39, 0.29) is 0 Å². The van der Waals surface area contributed by atoms with E-state index >= 15 is 0 Å². The normalized spacial score (nSPS) is 41.5. The van der Waals surface area contributed by atoms with Crippen molar-refractivity contribution < 1.29 is 4.79 Å². The van der Waals surface area contributed by atoms with Gasteiger partial charge in [0, 0.05) is 6.42 Å². The van der Waals surface area contributed by atoms with Gasteiger partial charge < -0.3 is 5.73 Å². The molecule has 84 valence electrons. The lowest BCUT2D eigenvalue weighted by Gasteiger charge is -2.37. The Morgan fingerprint density at radius 2 is 2.07 bits per heavy atom. The van der Waals surface area contributed by atoms with E-state index in [0.29, 0.717) is 11.7 Å². The molecule has 3 unspecified atom stereocenters. The molecule has 0 radical (unpaired) electrons. The van der Waals surface area contributed by atoms with Gasteiger partial charge in [-0.3, -0.25) is 4.79 Å². The molecule has 0 aromatic rings. The summed E-state index contributed by atoms with van der Waals surface area (Å²) in [6, 6.07) is 0. The summed E-state index contributed by atoms with van der Waals surface area (Å²) in [7, 11) is 0. The molecule has 0 amide bonds. The summed E-state index contributed by atoms with van der Waals surface area (Å²) in [5.41, 5.74) is 5.67. The predicted molar refractivity (Wildman–Crippen MR) is 59.3 cm³/mol. The van der Waals surface area contributed by atoms with Gasteiger partial charge in [0.05, 0.1) is 5.54 Å². The van der Waals surface area contributed by atoms with Gasteiger partial charge in [-0.1, -0.05) is 6.42 Å². The van der Waals surface area contributed by atoms with Gasteiger partial charge in [-0.05, 0) is 56.3 Å². The average Bonchev–Trinajstić information content (AvgIpc) is 2.75. The van der Waals surface area contributed by atoms with Crippen LogP contribution in [0.1, 0.15) is 51.4 Å². The molecule has 3 fully saturated rings. The van der Waals surface area contributed by atoms with Gasteiger partial charge in [0.15, 0.2) is 5.78 Å². The van der Waals surface area contributed by atoms with Crippen LogP contribution in [-0.4, -0.2) is 11.3 Å². The molecule has 2 N–H and O–H groups in total. The fraction of sp³-hybridized carbons (Fsp3) is 0.923. The predicted octanol–water partition coefficient (Wildman–Crippen LogP) is 2.26. The Labute approximate surface area is 91.6 Å². The number of Topliss-reactive ketones (excluding diaryl/α,β-unsaturated/α-hetero) is 1. The number of ketones is 1. The maximum absolute atomic E-state index is 12.1. The van der Waals surface area contributed by atoms with Crippen molar-refractivity contribution in [1.29, 1.82) is 0 Å². The Kier molecular flexibility index (Phi) is 2.17. The van der Waals surface area contributed by atoms with E-state index in [1.54, 1.807) is 0 Å². The Bertz CT molecular complexity index is 282. The van der Waals surface area contributed by atoms with Crippen LogP contribution >= 0.6 is 0 Å². The standard InChI is InChI=1S/C13H21NO/c14-13(4-1-5-13)12(15)8-11-7-9-2-3-10(11)6-9/h9-11H,1-8,14H2. The van der Waals surface area contributed by atoms with Gasteiger partial charge in [0.25, 0.3) is 0 Å².